The molecule has 2 aromatic rings. The number of aryl methyl sites for hydroxylation is 4. The molecule has 0 amide bonds. The van der Waals surface area contributed by atoms with Gasteiger partial charge in [-0.3, -0.25) is 9.98 Å². The minimum absolute atomic E-state index is 0.116. The number of fused-ring (bicyclic) bond motifs is 2. The van der Waals surface area contributed by atoms with Crippen LogP contribution in [0.1, 0.15) is 72.9 Å². The molecule has 3 atom stereocenters. The summed E-state index contributed by atoms with van der Waals surface area (Å²) in [5.74, 6) is 1.30. The molecule has 2 aliphatic carbocycles. The van der Waals surface area contributed by atoms with Crippen LogP contribution in [0.15, 0.2) is 34.3 Å². The molecule has 0 spiro atoms. The van der Waals surface area contributed by atoms with Crippen LogP contribution in [0.3, 0.4) is 0 Å². The molecule has 2 N–H and O–H groups in total. The van der Waals surface area contributed by atoms with Gasteiger partial charge in [0.15, 0.2) is 0 Å². The highest BCUT2D eigenvalue weighted by molar-refractivity contribution is 5.86. The average Bonchev–Trinajstić information content (AvgIpc) is 3.33. The van der Waals surface area contributed by atoms with E-state index in [-0.39, 0.29) is 11.6 Å². The molecular formula is C27H34N2O2. The van der Waals surface area contributed by atoms with Crippen LogP contribution in [0.2, 0.25) is 0 Å². The quantitative estimate of drug-likeness (QED) is 0.592. The van der Waals surface area contributed by atoms with E-state index in [0.717, 1.165) is 54.4 Å². The van der Waals surface area contributed by atoms with Crippen LogP contribution in [0.5, 0.6) is 11.5 Å². The summed E-state index contributed by atoms with van der Waals surface area (Å²) in [7, 11) is 0. The monoisotopic (exact) mass is 418 g/mol. The lowest BCUT2D eigenvalue weighted by Gasteiger charge is -2.28. The number of benzene rings is 2. The second-order valence-corrected chi connectivity index (χ2v) is 9.41. The number of phenolic OH excluding ortho intramolecular Hbond substituents is 2. The predicted octanol–water partition coefficient (Wildman–Crippen LogP) is 5.69. The number of nitrogens with zero attached hydrogens (tertiary/aromatic N) is 2. The maximum atomic E-state index is 10.5. The number of aromatic hydroxyl groups is 2. The van der Waals surface area contributed by atoms with Crippen molar-refractivity contribution >= 4 is 12.4 Å². The lowest BCUT2D eigenvalue weighted by molar-refractivity contribution is 0.367. The molecule has 0 saturated heterocycles. The summed E-state index contributed by atoms with van der Waals surface area (Å²) in [5, 5.41) is 21.0. The van der Waals surface area contributed by atoms with Gasteiger partial charge < -0.3 is 10.2 Å². The molecule has 31 heavy (non-hydrogen) atoms. The molecule has 164 valence electrons. The zero-order valence-corrected chi connectivity index (χ0v) is 19.2. The van der Waals surface area contributed by atoms with Gasteiger partial charge in [-0.25, -0.2) is 0 Å². The molecule has 4 nitrogen and oxygen atoms in total. The van der Waals surface area contributed by atoms with E-state index in [1.165, 1.54) is 17.5 Å². The van der Waals surface area contributed by atoms with Gasteiger partial charge in [0.1, 0.15) is 11.5 Å². The van der Waals surface area contributed by atoms with Crippen molar-refractivity contribution in [3.8, 4) is 11.5 Å². The summed E-state index contributed by atoms with van der Waals surface area (Å²) in [5.41, 5.74) is 5.60. The zero-order chi connectivity index (χ0) is 22.2. The summed E-state index contributed by atoms with van der Waals surface area (Å²) in [6.45, 7) is 8.13. The van der Waals surface area contributed by atoms with Gasteiger partial charge >= 0.3 is 0 Å². The van der Waals surface area contributed by atoms with Gasteiger partial charge in [0.25, 0.3) is 0 Å². The van der Waals surface area contributed by atoms with Crippen molar-refractivity contribution in [1.29, 1.82) is 0 Å². The number of rotatable bonds is 6. The number of hydrogen-bond acceptors (Lipinski definition) is 4. The molecule has 2 saturated carbocycles. The fourth-order valence-electron chi connectivity index (χ4n) is 5.34. The van der Waals surface area contributed by atoms with Crippen molar-refractivity contribution in [1.82, 2.24) is 0 Å². The van der Waals surface area contributed by atoms with Crippen LogP contribution in [-0.4, -0.2) is 34.2 Å². The highest BCUT2D eigenvalue weighted by atomic mass is 16.3. The fourth-order valence-corrected chi connectivity index (χ4v) is 5.34. The Kier molecular flexibility index (Phi) is 5.92. The van der Waals surface area contributed by atoms with E-state index in [1.807, 2.05) is 50.5 Å². The third-order valence-electron chi connectivity index (χ3n) is 7.25. The molecule has 2 aromatic carbocycles. The standard InChI is InChI=1S/C27H34N2O2/c1-5-19-9-17(3)25(30)22(11-19)15-28-24-13-21-7-8-27(24,14-21)29-16-23-12-20(6-2)10-18(4)26(23)31/h9-12,15-16,21,24,30-31H,5-8,13-14H2,1-4H3. The number of aliphatic imine (C=N–C) groups is 2. The topological polar surface area (TPSA) is 65.2 Å². The first-order chi connectivity index (χ1) is 14.8. The van der Waals surface area contributed by atoms with Crippen molar-refractivity contribution in [3.63, 3.8) is 0 Å². The van der Waals surface area contributed by atoms with Gasteiger partial charge in [0.05, 0.1) is 11.6 Å². The zero-order valence-electron chi connectivity index (χ0n) is 19.2. The van der Waals surface area contributed by atoms with E-state index in [2.05, 4.69) is 13.8 Å². The van der Waals surface area contributed by atoms with Crippen molar-refractivity contribution in [2.75, 3.05) is 0 Å². The molecular weight excluding hydrogens is 384 g/mol. The predicted molar refractivity (Wildman–Crippen MR) is 128 cm³/mol. The Labute approximate surface area is 185 Å². The first-order valence-electron chi connectivity index (χ1n) is 11.6. The van der Waals surface area contributed by atoms with E-state index >= 15 is 0 Å². The minimum Gasteiger partial charge on any atom is -0.507 e. The van der Waals surface area contributed by atoms with Gasteiger partial charge in [-0.15, -0.1) is 0 Å². The smallest absolute Gasteiger partial charge is 0.127 e. The number of hydrogen-bond donors (Lipinski definition) is 2. The Balaban J connectivity index is 1.63. The third-order valence-corrected chi connectivity index (χ3v) is 7.25. The lowest BCUT2D eigenvalue weighted by atomic mass is 9.89. The van der Waals surface area contributed by atoms with E-state index in [1.54, 1.807) is 0 Å². The highest BCUT2D eigenvalue weighted by Crippen LogP contribution is 2.51. The van der Waals surface area contributed by atoms with Crippen LogP contribution >= 0.6 is 0 Å². The maximum absolute atomic E-state index is 10.5. The summed E-state index contributed by atoms with van der Waals surface area (Å²) >= 11 is 0. The van der Waals surface area contributed by atoms with E-state index in [4.69, 9.17) is 9.98 Å². The van der Waals surface area contributed by atoms with E-state index in [0.29, 0.717) is 17.4 Å². The normalized spacial score (nSPS) is 25.3. The fraction of sp³-hybridized carbons (Fsp3) is 0.481. The van der Waals surface area contributed by atoms with E-state index in [9.17, 15) is 10.2 Å². The SMILES string of the molecule is CCc1cc(C)c(O)c(C=NC2CC3CCC2(N=Cc2cc(CC)cc(C)c2O)C3)c1. The molecule has 2 bridgehead atoms. The van der Waals surface area contributed by atoms with Crippen molar-refractivity contribution in [2.45, 2.75) is 77.8 Å². The molecule has 0 aromatic heterocycles. The van der Waals surface area contributed by atoms with Crippen LogP contribution < -0.4 is 0 Å². The Morgan fingerprint density at radius 2 is 1.52 bits per heavy atom. The highest BCUT2D eigenvalue weighted by Gasteiger charge is 2.52. The molecule has 0 heterocycles. The van der Waals surface area contributed by atoms with Crippen molar-refractivity contribution < 1.29 is 10.2 Å². The first-order valence-corrected chi connectivity index (χ1v) is 11.6. The Morgan fingerprint density at radius 1 is 0.935 bits per heavy atom. The van der Waals surface area contributed by atoms with Gasteiger partial charge in [0, 0.05) is 23.6 Å². The van der Waals surface area contributed by atoms with Gasteiger partial charge in [-0.05, 0) is 92.7 Å². The number of phenols is 2. The van der Waals surface area contributed by atoms with Crippen LogP contribution in [0.25, 0.3) is 0 Å². The Bertz CT molecular complexity index is 1040. The van der Waals surface area contributed by atoms with Crippen LogP contribution in [0, 0.1) is 19.8 Å². The second kappa shape index (κ2) is 8.49. The summed E-state index contributed by atoms with van der Waals surface area (Å²) in [4.78, 5) is 10.0. The van der Waals surface area contributed by atoms with Gasteiger partial charge in [0.2, 0.25) is 0 Å². The van der Waals surface area contributed by atoms with E-state index < -0.39 is 0 Å². The maximum Gasteiger partial charge on any atom is 0.127 e. The first kappa shape index (κ1) is 21.6. The molecule has 0 radical (unpaired) electrons. The molecule has 2 fully saturated rings. The Hall–Kier alpha value is -2.62. The molecule has 4 rings (SSSR count). The minimum atomic E-state index is -0.198. The van der Waals surface area contributed by atoms with Gasteiger partial charge in [-0.1, -0.05) is 26.0 Å². The molecule has 2 aliphatic rings. The van der Waals surface area contributed by atoms with Crippen LogP contribution in [-0.2, 0) is 12.8 Å². The summed E-state index contributed by atoms with van der Waals surface area (Å²) < 4.78 is 0. The average molecular weight is 419 g/mol. The largest absolute Gasteiger partial charge is 0.507 e. The molecule has 4 heteroatoms. The summed E-state index contributed by atoms with van der Waals surface area (Å²) in [6.07, 6.45) is 9.91. The molecule has 0 aliphatic heterocycles. The van der Waals surface area contributed by atoms with Crippen molar-refractivity contribution in [3.05, 3.63) is 57.6 Å². The summed E-state index contributed by atoms with van der Waals surface area (Å²) in [6, 6.07) is 8.27. The van der Waals surface area contributed by atoms with Gasteiger partial charge in [-0.2, -0.15) is 0 Å². The lowest BCUT2D eigenvalue weighted by Crippen LogP contribution is -2.34. The molecule has 3 unspecified atom stereocenters. The van der Waals surface area contributed by atoms with Crippen LogP contribution in [0.4, 0.5) is 0 Å². The third kappa shape index (κ3) is 4.13. The Morgan fingerprint density at radius 3 is 2.06 bits per heavy atom. The van der Waals surface area contributed by atoms with Crippen molar-refractivity contribution in [2.24, 2.45) is 15.9 Å². The second-order valence-electron chi connectivity index (χ2n) is 9.41.